The van der Waals surface area contributed by atoms with Gasteiger partial charge in [0, 0.05) is 42.5 Å². The smallest absolute Gasteiger partial charge is 0.159 e. The Morgan fingerprint density at radius 2 is 1.73 bits per heavy atom. The lowest BCUT2D eigenvalue weighted by Gasteiger charge is -2.32. The van der Waals surface area contributed by atoms with E-state index in [0.717, 1.165) is 54.5 Å². The molecule has 0 unspecified atom stereocenters. The molecule has 0 aliphatic carbocycles. The minimum absolute atomic E-state index is 0.143. The molecule has 136 valence electrons. The number of para-hydroxylation sites is 1. The normalized spacial score (nSPS) is 16.3. The second-order valence-electron chi connectivity index (χ2n) is 6.85. The molecule has 1 aromatic heterocycles. The van der Waals surface area contributed by atoms with Gasteiger partial charge in [-0.2, -0.15) is 0 Å². The first-order valence-electron chi connectivity index (χ1n) is 9.00. The number of likely N-dealkylation sites (tertiary alicyclic amines) is 1. The summed E-state index contributed by atoms with van der Waals surface area (Å²) in [5, 5.41) is 34.4. The number of aliphatic hydroxyl groups excluding tert-OH is 1. The van der Waals surface area contributed by atoms with Gasteiger partial charge in [0.15, 0.2) is 11.5 Å². The number of rotatable bonds is 4. The zero-order valence-corrected chi connectivity index (χ0v) is 14.5. The number of aromatic hydroxyl groups is 2. The molecular weight excluding hydrogens is 330 g/mol. The molecular formula is C20H23N3O3. The first kappa shape index (κ1) is 16.9. The van der Waals surface area contributed by atoms with E-state index in [1.807, 2.05) is 24.3 Å². The Balaban J connectivity index is 1.73. The van der Waals surface area contributed by atoms with E-state index >= 15 is 0 Å². The van der Waals surface area contributed by atoms with E-state index in [2.05, 4.69) is 15.2 Å². The molecule has 4 rings (SSSR count). The summed E-state index contributed by atoms with van der Waals surface area (Å²) in [5.41, 5.74) is 2.45. The number of anilines is 1. The van der Waals surface area contributed by atoms with Gasteiger partial charge in [0.1, 0.15) is 0 Å². The summed E-state index contributed by atoms with van der Waals surface area (Å²) in [6.07, 6.45) is 1.98. The number of hydrogen-bond acceptors (Lipinski definition) is 6. The number of aromatic nitrogens is 1. The summed E-state index contributed by atoms with van der Waals surface area (Å²) in [7, 11) is 0. The second kappa shape index (κ2) is 6.97. The third kappa shape index (κ3) is 3.13. The van der Waals surface area contributed by atoms with E-state index in [0.29, 0.717) is 11.6 Å². The van der Waals surface area contributed by atoms with Crippen molar-refractivity contribution in [2.45, 2.75) is 18.9 Å². The Kier molecular flexibility index (Phi) is 4.53. The van der Waals surface area contributed by atoms with Gasteiger partial charge in [-0.1, -0.05) is 18.2 Å². The van der Waals surface area contributed by atoms with Crippen LogP contribution in [-0.2, 0) is 0 Å². The molecule has 2 aromatic carbocycles. The van der Waals surface area contributed by atoms with Gasteiger partial charge in [-0.15, -0.1) is 0 Å². The predicted octanol–water partition coefficient (Wildman–Crippen LogP) is 2.67. The van der Waals surface area contributed by atoms with Crippen LogP contribution < -0.4 is 5.32 Å². The van der Waals surface area contributed by atoms with E-state index < -0.39 is 0 Å². The molecule has 2 heterocycles. The number of nitrogens with one attached hydrogen (secondary N) is 1. The van der Waals surface area contributed by atoms with Gasteiger partial charge in [-0.05, 0) is 25.0 Å². The fraction of sp³-hybridized carbons (Fsp3) is 0.350. The monoisotopic (exact) mass is 353 g/mol. The molecule has 6 nitrogen and oxygen atoms in total. The van der Waals surface area contributed by atoms with Crippen LogP contribution in [-0.4, -0.2) is 57.5 Å². The largest absolute Gasteiger partial charge is 0.504 e. The van der Waals surface area contributed by atoms with Crippen LogP contribution in [0.4, 0.5) is 5.69 Å². The molecule has 26 heavy (non-hydrogen) atoms. The standard InChI is InChI=1S/C20H23N3O3/c24-10-9-23-7-5-13(6-8-23)21-20-14-3-1-2-4-16(14)22-17-12-19(26)18(25)11-15(17)20/h1-4,11-13,24-26H,5-10H2,(H,21,22). The zero-order valence-electron chi connectivity index (χ0n) is 14.5. The van der Waals surface area contributed by atoms with Crippen LogP contribution in [0.1, 0.15) is 12.8 Å². The molecule has 3 aromatic rings. The summed E-state index contributed by atoms with van der Waals surface area (Å²) in [4.78, 5) is 6.89. The van der Waals surface area contributed by atoms with Crippen LogP contribution in [0.15, 0.2) is 36.4 Å². The van der Waals surface area contributed by atoms with E-state index in [4.69, 9.17) is 5.11 Å². The average molecular weight is 353 g/mol. The third-order valence-electron chi connectivity index (χ3n) is 5.13. The van der Waals surface area contributed by atoms with Crippen LogP contribution >= 0.6 is 0 Å². The van der Waals surface area contributed by atoms with Gasteiger partial charge in [0.05, 0.1) is 23.3 Å². The van der Waals surface area contributed by atoms with Crippen LogP contribution in [0.5, 0.6) is 11.5 Å². The fourth-order valence-electron chi connectivity index (χ4n) is 3.72. The maximum absolute atomic E-state index is 9.98. The molecule has 0 spiro atoms. The highest BCUT2D eigenvalue weighted by atomic mass is 16.3. The Labute approximate surface area is 151 Å². The summed E-state index contributed by atoms with van der Waals surface area (Å²) in [5.74, 6) is -0.307. The molecule has 1 aliphatic rings. The maximum Gasteiger partial charge on any atom is 0.159 e. The molecule has 6 heteroatoms. The molecule has 0 bridgehead atoms. The van der Waals surface area contributed by atoms with Crippen molar-refractivity contribution in [3.05, 3.63) is 36.4 Å². The number of nitrogens with zero attached hydrogens (tertiary/aromatic N) is 2. The number of fused-ring (bicyclic) bond motifs is 2. The summed E-state index contributed by atoms with van der Waals surface area (Å²) >= 11 is 0. The van der Waals surface area contributed by atoms with Crippen LogP contribution in [0.2, 0.25) is 0 Å². The number of phenolic OH excluding ortho intramolecular Hbond substituents is 2. The topological polar surface area (TPSA) is 88.9 Å². The molecule has 0 amide bonds. The van der Waals surface area contributed by atoms with Crippen LogP contribution in [0.25, 0.3) is 21.8 Å². The second-order valence-corrected chi connectivity index (χ2v) is 6.85. The first-order chi connectivity index (χ1) is 12.7. The summed E-state index contributed by atoms with van der Waals surface area (Å²) in [6, 6.07) is 11.3. The molecule has 1 saturated heterocycles. The number of pyridine rings is 1. The van der Waals surface area contributed by atoms with Crippen molar-refractivity contribution in [2.75, 3.05) is 31.6 Å². The number of piperidine rings is 1. The Morgan fingerprint density at radius 3 is 2.50 bits per heavy atom. The number of aliphatic hydroxyl groups is 1. The van der Waals surface area contributed by atoms with Gasteiger partial charge in [-0.25, -0.2) is 4.98 Å². The first-order valence-corrected chi connectivity index (χ1v) is 9.00. The minimum atomic E-state index is -0.163. The number of benzene rings is 2. The van der Waals surface area contributed by atoms with Crippen molar-refractivity contribution >= 4 is 27.5 Å². The van der Waals surface area contributed by atoms with Crippen molar-refractivity contribution in [1.82, 2.24) is 9.88 Å². The van der Waals surface area contributed by atoms with E-state index in [9.17, 15) is 10.2 Å². The fourth-order valence-corrected chi connectivity index (χ4v) is 3.72. The van der Waals surface area contributed by atoms with E-state index in [1.54, 1.807) is 6.07 Å². The van der Waals surface area contributed by atoms with Crippen LogP contribution in [0.3, 0.4) is 0 Å². The lowest BCUT2D eigenvalue weighted by atomic mass is 10.0. The Bertz CT molecular complexity index is 936. The Hall–Kier alpha value is -2.57. The summed E-state index contributed by atoms with van der Waals surface area (Å²) in [6.45, 7) is 2.82. The van der Waals surface area contributed by atoms with Gasteiger partial charge in [0.25, 0.3) is 0 Å². The Morgan fingerprint density at radius 1 is 1.00 bits per heavy atom. The predicted molar refractivity (Wildman–Crippen MR) is 103 cm³/mol. The highest BCUT2D eigenvalue weighted by Gasteiger charge is 2.21. The minimum Gasteiger partial charge on any atom is -0.504 e. The van der Waals surface area contributed by atoms with Crippen molar-refractivity contribution < 1.29 is 15.3 Å². The molecule has 0 atom stereocenters. The maximum atomic E-state index is 9.98. The molecule has 0 radical (unpaired) electrons. The number of β-amino-alcohol motifs (C(OH)–C–C–N with tert-alkyl or cyclic N) is 1. The lowest BCUT2D eigenvalue weighted by molar-refractivity contribution is 0.168. The average Bonchev–Trinajstić information content (AvgIpc) is 2.65. The van der Waals surface area contributed by atoms with Crippen LogP contribution in [0, 0.1) is 0 Å². The van der Waals surface area contributed by atoms with Crippen molar-refractivity contribution in [3.63, 3.8) is 0 Å². The molecule has 1 aliphatic heterocycles. The molecule has 1 fully saturated rings. The molecule has 4 N–H and O–H groups in total. The van der Waals surface area contributed by atoms with E-state index in [-0.39, 0.29) is 18.1 Å². The third-order valence-corrected chi connectivity index (χ3v) is 5.13. The van der Waals surface area contributed by atoms with E-state index in [1.165, 1.54) is 6.07 Å². The van der Waals surface area contributed by atoms with Gasteiger partial charge < -0.3 is 25.5 Å². The number of phenols is 2. The van der Waals surface area contributed by atoms with Gasteiger partial charge >= 0.3 is 0 Å². The zero-order chi connectivity index (χ0) is 18.1. The van der Waals surface area contributed by atoms with Gasteiger partial charge in [-0.3, -0.25) is 0 Å². The van der Waals surface area contributed by atoms with Crippen molar-refractivity contribution in [3.8, 4) is 11.5 Å². The van der Waals surface area contributed by atoms with Crippen molar-refractivity contribution in [2.24, 2.45) is 0 Å². The highest BCUT2D eigenvalue weighted by molar-refractivity contribution is 6.08. The highest BCUT2D eigenvalue weighted by Crippen LogP contribution is 2.37. The summed E-state index contributed by atoms with van der Waals surface area (Å²) < 4.78 is 0. The number of hydrogen-bond donors (Lipinski definition) is 4. The SMILES string of the molecule is OCCN1CCC(Nc2c3ccccc3nc3cc(O)c(O)cc23)CC1. The van der Waals surface area contributed by atoms with Crippen molar-refractivity contribution in [1.29, 1.82) is 0 Å². The van der Waals surface area contributed by atoms with Gasteiger partial charge in [0.2, 0.25) is 0 Å². The lowest BCUT2D eigenvalue weighted by Crippen LogP contribution is -2.40. The quantitative estimate of drug-likeness (QED) is 0.426. The molecule has 0 saturated carbocycles.